The number of rotatable bonds is 2. The van der Waals surface area contributed by atoms with Crippen LogP contribution < -0.4 is 0 Å². The van der Waals surface area contributed by atoms with Crippen LogP contribution in [-0.2, 0) is 13.5 Å². The maximum absolute atomic E-state index is 9.66. The maximum Gasteiger partial charge on any atom is 0.115 e. The van der Waals surface area contributed by atoms with Gasteiger partial charge in [0, 0.05) is 35.6 Å². The van der Waals surface area contributed by atoms with Crippen molar-refractivity contribution in [2.24, 2.45) is 7.05 Å². The molecule has 0 radical (unpaired) electrons. The van der Waals surface area contributed by atoms with Gasteiger partial charge in [-0.15, -0.1) is 0 Å². The van der Waals surface area contributed by atoms with Crippen molar-refractivity contribution in [1.29, 1.82) is 0 Å². The number of aryl methyl sites for hydroxylation is 1. The number of phenolic OH excluding ortho intramolecular Hbond substituents is 1. The predicted octanol–water partition coefficient (Wildman–Crippen LogP) is 6.04. The van der Waals surface area contributed by atoms with Crippen molar-refractivity contribution in [2.75, 3.05) is 0 Å². The van der Waals surface area contributed by atoms with Crippen LogP contribution in [0.3, 0.4) is 0 Å². The lowest BCUT2D eigenvalue weighted by Crippen LogP contribution is -2.06. The van der Waals surface area contributed by atoms with Gasteiger partial charge in [-0.1, -0.05) is 24.3 Å². The molecule has 2 aliphatic rings. The van der Waals surface area contributed by atoms with Gasteiger partial charge in [-0.25, -0.2) is 0 Å². The molecule has 0 aliphatic heterocycles. The van der Waals surface area contributed by atoms with Crippen LogP contribution >= 0.6 is 0 Å². The number of hydrogen-bond donors (Lipinski definition) is 2. The van der Waals surface area contributed by atoms with Crippen LogP contribution in [0.15, 0.2) is 71.5 Å². The molecule has 0 saturated heterocycles. The van der Waals surface area contributed by atoms with Crippen LogP contribution in [0, 0.1) is 0 Å². The number of benzene rings is 2. The summed E-state index contributed by atoms with van der Waals surface area (Å²) in [5, 5.41) is 20.5. The molecule has 0 amide bonds. The minimum Gasteiger partial charge on any atom is -0.512 e. The summed E-state index contributed by atoms with van der Waals surface area (Å²) in [6.07, 6.45) is 9.98. The number of allylic oxidation sites excluding steroid dienone is 5. The normalized spacial score (nSPS) is 16.4. The topological polar surface area (TPSA) is 45.4 Å². The summed E-state index contributed by atoms with van der Waals surface area (Å²) in [5.41, 5.74) is 8.95. The fraction of sp³-hybridized carbons (Fsp3) is 0.200. The number of nitrogens with zero attached hydrogens (tertiary/aromatic N) is 1. The first-order chi connectivity index (χ1) is 13.6. The van der Waals surface area contributed by atoms with Crippen molar-refractivity contribution in [3.05, 3.63) is 82.8 Å². The third-order valence-electron chi connectivity index (χ3n) is 6.05. The molecule has 0 saturated carbocycles. The zero-order valence-corrected chi connectivity index (χ0v) is 15.9. The number of hydrogen-bond acceptors (Lipinski definition) is 2. The molecule has 28 heavy (non-hydrogen) atoms. The molecule has 2 aromatic carbocycles. The van der Waals surface area contributed by atoms with Crippen molar-refractivity contribution >= 4 is 17.0 Å². The molecule has 0 bridgehead atoms. The van der Waals surface area contributed by atoms with Gasteiger partial charge in [-0.05, 0) is 78.0 Å². The van der Waals surface area contributed by atoms with Crippen molar-refractivity contribution in [2.45, 2.75) is 25.7 Å². The van der Waals surface area contributed by atoms with Crippen molar-refractivity contribution in [1.82, 2.24) is 4.57 Å². The minimum atomic E-state index is 0.287. The molecular formula is C25H23NO2. The summed E-state index contributed by atoms with van der Waals surface area (Å²) >= 11 is 0. The van der Waals surface area contributed by atoms with E-state index < -0.39 is 0 Å². The largest absolute Gasteiger partial charge is 0.512 e. The molecule has 140 valence electrons. The second-order valence-corrected chi connectivity index (χ2v) is 7.72. The lowest BCUT2D eigenvalue weighted by atomic mass is 9.87. The summed E-state index contributed by atoms with van der Waals surface area (Å²) in [6, 6.07) is 14.0. The minimum absolute atomic E-state index is 0.287. The van der Waals surface area contributed by atoms with E-state index in [0.717, 1.165) is 36.8 Å². The molecule has 0 fully saturated rings. The van der Waals surface area contributed by atoms with Crippen molar-refractivity contribution in [3.8, 4) is 16.9 Å². The lowest BCUT2D eigenvalue weighted by molar-refractivity contribution is 0.386. The molecule has 3 aromatic rings. The molecule has 2 aliphatic carbocycles. The third kappa shape index (κ3) is 2.75. The van der Waals surface area contributed by atoms with Gasteiger partial charge in [0.05, 0.1) is 5.76 Å². The first-order valence-electron chi connectivity index (χ1n) is 9.80. The smallest absolute Gasteiger partial charge is 0.115 e. The number of aromatic nitrogens is 1. The van der Waals surface area contributed by atoms with Gasteiger partial charge in [0.25, 0.3) is 0 Å². The van der Waals surface area contributed by atoms with Crippen LogP contribution in [0.5, 0.6) is 5.75 Å². The van der Waals surface area contributed by atoms with Gasteiger partial charge in [-0.3, -0.25) is 0 Å². The van der Waals surface area contributed by atoms with E-state index in [0.29, 0.717) is 5.76 Å². The predicted molar refractivity (Wildman–Crippen MR) is 114 cm³/mol. The molecule has 0 atom stereocenters. The number of phenols is 1. The Balaban J connectivity index is 1.64. The third-order valence-corrected chi connectivity index (χ3v) is 6.05. The summed E-state index contributed by atoms with van der Waals surface area (Å²) in [7, 11) is 2.15. The van der Waals surface area contributed by atoms with Gasteiger partial charge in [-0.2, -0.15) is 0 Å². The summed E-state index contributed by atoms with van der Waals surface area (Å²) in [6.45, 7) is 0. The van der Waals surface area contributed by atoms with E-state index in [1.54, 1.807) is 12.1 Å². The number of fused-ring (bicyclic) bond motifs is 3. The van der Waals surface area contributed by atoms with Gasteiger partial charge in [0.1, 0.15) is 5.75 Å². The highest BCUT2D eigenvalue weighted by molar-refractivity contribution is 5.95. The van der Waals surface area contributed by atoms with Crippen LogP contribution in [-0.4, -0.2) is 14.8 Å². The van der Waals surface area contributed by atoms with E-state index in [4.69, 9.17) is 0 Å². The van der Waals surface area contributed by atoms with Gasteiger partial charge in [0.2, 0.25) is 0 Å². The fourth-order valence-corrected chi connectivity index (χ4v) is 4.47. The Morgan fingerprint density at radius 2 is 1.54 bits per heavy atom. The first-order valence-corrected chi connectivity index (χ1v) is 9.80. The Morgan fingerprint density at radius 1 is 0.786 bits per heavy atom. The molecule has 2 N–H and O–H groups in total. The Labute approximate surface area is 164 Å². The van der Waals surface area contributed by atoms with E-state index in [1.165, 1.54) is 33.3 Å². The Bertz CT molecular complexity index is 1170. The summed E-state index contributed by atoms with van der Waals surface area (Å²) in [5.74, 6) is 0.764. The number of aromatic hydroxyl groups is 1. The van der Waals surface area contributed by atoms with Crippen LogP contribution in [0.2, 0.25) is 0 Å². The fourth-order valence-electron chi connectivity index (χ4n) is 4.47. The zero-order chi connectivity index (χ0) is 19.3. The van der Waals surface area contributed by atoms with Crippen LogP contribution in [0.1, 0.15) is 30.5 Å². The standard InChI is InChI=1S/C25H23NO2/c1-26-24-12-6-18(16-2-8-20(27)9-3-16)14-22(24)23-15-19(7-13-25(23)26)17-4-10-21(28)11-5-17/h2-4,6,8-10,12,14-15,27-28H,5,7,11,13H2,1H3. The molecule has 5 rings (SSSR count). The van der Waals surface area contributed by atoms with Crippen LogP contribution in [0.4, 0.5) is 0 Å². The van der Waals surface area contributed by atoms with Gasteiger partial charge < -0.3 is 14.8 Å². The Hall–Kier alpha value is -3.20. The lowest BCUT2D eigenvalue weighted by Gasteiger charge is -2.19. The average molecular weight is 369 g/mol. The van der Waals surface area contributed by atoms with E-state index in [2.05, 4.69) is 42.0 Å². The van der Waals surface area contributed by atoms with Gasteiger partial charge in [0.15, 0.2) is 0 Å². The number of aliphatic hydroxyl groups is 1. The maximum atomic E-state index is 9.66. The average Bonchev–Trinajstić information content (AvgIpc) is 3.00. The zero-order valence-electron chi connectivity index (χ0n) is 15.9. The monoisotopic (exact) mass is 369 g/mol. The number of aliphatic hydroxyl groups excluding tert-OH is 1. The second kappa shape index (κ2) is 6.45. The van der Waals surface area contributed by atoms with E-state index in [-0.39, 0.29) is 5.75 Å². The van der Waals surface area contributed by atoms with E-state index in [9.17, 15) is 10.2 Å². The Kier molecular flexibility index (Phi) is 3.90. The molecular weight excluding hydrogens is 346 g/mol. The molecule has 0 spiro atoms. The highest BCUT2D eigenvalue weighted by Crippen LogP contribution is 2.38. The first kappa shape index (κ1) is 16.9. The molecule has 0 unspecified atom stereocenters. The Morgan fingerprint density at radius 3 is 2.29 bits per heavy atom. The quantitative estimate of drug-likeness (QED) is 0.578. The molecule has 1 heterocycles. The van der Waals surface area contributed by atoms with E-state index in [1.807, 2.05) is 18.2 Å². The van der Waals surface area contributed by atoms with Crippen molar-refractivity contribution in [3.63, 3.8) is 0 Å². The summed E-state index contributed by atoms with van der Waals surface area (Å²) in [4.78, 5) is 0. The highest BCUT2D eigenvalue weighted by atomic mass is 16.3. The second-order valence-electron chi connectivity index (χ2n) is 7.72. The molecule has 3 heteroatoms. The summed E-state index contributed by atoms with van der Waals surface area (Å²) < 4.78 is 2.32. The molecule has 3 nitrogen and oxygen atoms in total. The highest BCUT2D eigenvalue weighted by Gasteiger charge is 2.21. The van der Waals surface area contributed by atoms with Crippen LogP contribution in [0.25, 0.3) is 28.1 Å². The van der Waals surface area contributed by atoms with Crippen molar-refractivity contribution < 1.29 is 10.2 Å². The molecule has 1 aromatic heterocycles. The SMILES string of the molecule is Cn1c2c(c3cc(-c4ccc(O)cc4)ccc31)C=C(C1=CC=C(O)CC1)CC2. The van der Waals surface area contributed by atoms with Gasteiger partial charge >= 0.3 is 0 Å². The van der Waals surface area contributed by atoms with E-state index >= 15 is 0 Å².